The number of nitrogens with one attached hydrogen (secondary N) is 2. The van der Waals surface area contributed by atoms with Crippen molar-refractivity contribution in [1.82, 2.24) is 10.6 Å². The van der Waals surface area contributed by atoms with Crippen molar-refractivity contribution >= 4 is 52.0 Å². The predicted molar refractivity (Wildman–Crippen MR) is 104 cm³/mol. The van der Waals surface area contributed by atoms with Gasteiger partial charge in [0.2, 0.25) is 0 Å². The number of halogens is 2. The fourth-order valence-electron chi connectivity index (χ4n) is 2.57. The summed E-state index contributed by atoms with van der Waals surface area (Å²) in [6, 6.07) is 9.88. The lowest BCUT2D eigenvalue weighted by atomic mass is 10.1. The standard InChI is InChI=1S/C19H14Cl2N2O5/c20-13-5-10(6-14(21)17(13)19(27)23-9-16(24)25)8-22-18(26)12-2-1-11-3-4-28-15(11)7-12/h1-7H,8-9H2,(H,22,26)(H,23,27)(H,24,25). The van der Waals surface area contributed by atoms with Gasteiger partial charge in [0.05, 0.1) is 21.9 Å². The van der Waals surface area contributed by atoms with Crippen molar-refractivity contribution < 1.29 is 23.9 Å². The first-order valence-corrected chi connectivity index (χ1v) is 8.84. The minimum absolute atomic E-state index is 0.0251. The quantitative estimate of drug-likeness (QED) is 0.565. The molecule has 0 atom stereocenters. The molecule has 7 nitrogen and oxygen atoms in total. The highest BCUT2D eigenvalue weighted by Gasteiger charge is 2.17. The third-order valence-electron chi connectivity index (χ3n) is 3.90. The average molecular weight is 421 g/mol. The van der Waals surface area contributed by atoms with Gasteiger partial charge >= 0.3 is 5.97 Å². The van der Waals surface area contributed by atoms with Gasteiger partial charge in [0.25, 0.3) is 11.8 Å². The Kier molecular flexibility index (Phi) is 5.87. The van der Waals surface area contributed by atoms with Crippen LogP contribution in [0.25, 0.3) is 11.0 Å². The SMILES string of the molecule is O=C(O)CNC(=O)c1c(Cl)cc(CNC(=O)c2ccc3ccoc3c2)cc1Cl. The Morgan fingerprint density at radius 1 is 0.964 bits per heavy atom. The number of amides is 2. The molecule has 2 aromatic carbocycles. The smallest absolute Gasteiger partial charge is 0.322 e. The molecule has 9 heteroatoms. The third-order valence-corrected chi connectivity index (χ3v) is 4.50. The number of fused-ring (bicyclic) bond motifs is 1. The van der Waals surface area contributed by atoms with E-state index in [0.29, 0.717) is 16.7 Å². The molecule has 1 heterocycles. The molecule has 2 amide bonds. The molecule has 0 saturated heterocycles. The monoisotopic (exact) mass is 420 g/mol. The van der Waals surface area contributed by atoms with Gasteiger partial charge in [-0.25, -0.2) is 0 Å². The number of carbonyl (C=O) groups excluding carboxylic acids is 2. The van der Waals surface area contributed by atoms with Gasteiger partial charge < -0.3 is 20.2 Å². The summed E-state index contributed by atoms with van der Waals surface area (Å²) in [5, 5.41) is 14.6. The summed E-state index contributed by atoms with van der Waals surface area (Å²) < 4.78 is 5.28. The summed E-state index contributed by atoms with van der Waals surface area (Å²) in [5.41, 5.74) is 1.60. The maximum absolute atomic E-state index is 12.3. The number of carboxylic acids is 1. The highest BCUT2D eigenvalue weighted by molar-refractivity contribution is 6.39. The van der Waals surface area contributed by atoms with Crippen LogP contribution < -0.4 is 10.6 Å². The number of aliphatic carboxylic acids is 1. The van der Waals surface area contributed by atoms with E-state index < -0.39 is 18.4 Å². The van der Waals surface area contributed by atoms with E-state index in [1.54, 1.807) is 30.5 Å². The fourth-order valence-corrected chi connectivity index (χ4v) is 3.27. The average Bonchev–Trinajstić information content (AvgIpc) is 3.11. The van der Waals surface area contributed by atoms with E-state index in [4.69, 9.17) is 32.7 Å². The van der Waals surface area contributed by atoms with Gasteiger partial charge in [0.15, 0.2) is 0 Å². The summed E-state index contributed by atoms with van der Waals surface area (Å²) in [5.74, 6) is -2.19. The van der Waals surface area contributed by atoms with Crippen molar-refractivity contribution in [3.8, 4) is 0 Å². The number of carboxylic acid groups (broad SMARTS) is 1. The molecule has 3 rings (SSSR count). The van der Waals surface area contributed by atoms with E-state index in [1.807, 2.05) is 0 Å². The summed E-state index contributed by atoms with van der Waals surface area (Å²) >= 11 is 12.2. The van der Waals surface area contributed by atoms with Crippen LogP contribution in [0.1, 0.15) is 26.3 Å². The first-order valence-electron chi connectivity index (χ1n) is 8.08. The van der Waals surface area contributed by atoms with Crippen molar-refractivity contribution in [1.29, 1.82) is 0 Å². The molecule has 28 heavy (non-hydrogen) atoms. The van der Waals surface area contributed by atoms with E-state index in [0.717, 1.165) is 5.39 Å². The van der Waals surface area contributed by atoms with Crippen LogP contribution in [-0.2, 0) is 11.3 Å². The second-order valence-corrected chi connectivity index (χ2v) is 6.68. The zero-order valence-electron chi connectivity index (χ0n) is 14.3. The molecule has 3 N–H and O–H groups in total. The number of carbonyl (C=O) groups is 3. The Hall–Kier alpha value is -3.03. The maximum Gasteiger partial charge on any atom is 0.322 e. The zero-order valence-corrected chi connectivity index (χ0v) is 15.8. The summed E-state index contributed by atoms with van der Waals surface area (Å²) in [6.45, 7) is -0.422. The van der Waals surface area contributed by atoms with Gasteiger partial charge in [-0.2, -0.15) is 0 Å². The summed E-state index contributed by atoms with van der Waals surface area (Å²) in [7, 11) is 0. The summed E-state index contributed by atoms with van der Waals surface area (Å²) in [6.07, 6.45) is 1.55. The largest absolute Gasteiger partial charge is 0.480 e. The Bertz CT molecular complexity index is 1050. The lowest BCUT2D eigenvalue weighted by Gasteiger charge is -2.11. The Labute approximate surface area is 169 Å². The van der Waals surface area contributed by atoms with Gasteiger partial charge in [-0.1, -0.05) is 29.3 Å². The number of furan rings is 1. The third kappa shape index (κ3) is 4.44. The number of benzene rings is 2. The van der Waals surface area contributed by atoms with Crippen LogP contribution in [0.5, 0.6) is 0 Å². The lowest BCUT2D eigenvalue weighted by molar-refractivity contribution is -0.135. The van der Waals surface area contributed by atoms with Crippen molar-refractivity contribution in [2.75, 3.05) is 6.54 Å². The van der Waals surface area contributed by atoms with Crippen LogP contribution in [0.4, 0.5) is 0 Å². The van der Waals surface area contributed by atoms with Crippen LogP contribution in [-0.4, -0.2) is 29.4 Å². The Morgan fingerprint density at radius 2 is 1.68 bits per heavy atom. The molecule has 0 saturated carbocycles. The molecule has 144 valence electrons. The van der Waals surface area contributed by atoms with Crippen LogP contribution in [0, 0.1) is 0 Å². The molecule has 0 aliphatic carbocycles. The molecule has 0 radical (unpaired) electrons. The minimum atomic E-state index is -1.19. The highest BCUT2D eigenvalue weighted by Crippen LogP contribution is 2.27. The molecule has 0 aliphatic rings. The van der Waals surface area contributed by atoms with E-state index in [2.05, 4.69) is 10.6 Å². The summed E-state index contributed by atoms with van der Waals surface area (Å²) in [4.78, 5) is 34.9. The van der Waals surface area contributed by atoms with Gasteiger partial charge in [0.1, 0.15) is 12.1 Å². The van der Waals surface area contributed by atoms with Crippen molar-refractivity contribution in [2.24, 2.45) is 0 Å². The molecule has 1 aromatic heterocycles. The van der Waals surface area contributed by atoms with Crippen LogP contribution in [0.15, 0.2) is 47.1 Å². The van der Waals surface area contributed by atoms with E-state index in [9.17, 15) is 14.4 Å². The first kappa shape index (κ1) is 19.7. The van der Waals surface area contributed by atoms with Crippen molar-refractivity contribution in [2.45, 2.75) is 6.54 Å². The first-order chi connectivity index (χ1) is 13.3. The molecular formula is C19H14Cl2N2O5. The number of hydrogen-bond donors (Lipinski definition) is 3. The van der Waals surface area contributed by atoms with E-state index >= 15 is 0 Å². The van der Waals surface area contributed by atoms with Crippen LogP contribution in [0.2, 0.25) is 10.0 Å². The lowest BCUT2D eigenvalue weighted by Crippen LogP contribution is -2.29. The van der Waals surface area contributed by atoms with E-state index in [-0.39, 0.29) is 28.1 Å². The van der Waals surface area contributed by atoms with Crippen LogP contribution >= 0.6 is 23.2 Å². The second kappa shape index (κ2) is 8.33. The molecule has 0 bridgehead atoms. The van der Waals surface area contributed by atoms with E-state index in [1.165, 1.54) is 12.1 Å². The molecular weight excluding hydrogens is 407 g/mol. The Morgan fingerprint density at radius 3 is 2.36 bits per heavy atom. The maximum atomic E-state index is 12.3. The second-order valence-electron chi connectivity index (χ2n) is 5.87. The van der Waals surface area contributed by atoms with Crippen molar-refractivity contribution in [3.05, 3.63) is 69.4 Å². The van der Waals surface area contributed by atoms with Gasteiger partial charge in [-0.15, -0.1) is 0 Å². The fraction of sp³-hybridized carbons (Fsp3) is 0.105. The predicted octanol–water partition coefficient (Wildman–Crippen LogP) is 3.48. The molecule has 0 aliphatic heterocycles. The Balaban J connectivity index is 1.69. The van der Waals surface area contributed by atoms with Crippen LogP contribution in [0.3, 0.4) is 0 Å². The van der Waals surface area contributed by atoms with Gasteiger partial charge in [0, 0.05) is 17.5 Å². The minimum Gasteiger partial charge on any atom is -0.480 e. The van der Waals surface area contributed by atoms with Gasteiger partial charge in [-0.3, -0.25) is 14.4 Å². The van der Waals surface area contributed by atoms with Gasteiger partial charge in [-0.05, 0) is 35.9 Å². The molecule has 0 unspecified atom stereocenters. The molecule has 0 fully saturated rings. The molecule has 3 aromatic rings. The van der Waals surface area contributed by atoms with Crippen molar-refractivity contribution in [3.63, 3.8) is 0 Å². The topological polar surface area (TPSA) is 109 Å². The zero-order chi connectivity index (χ0) is 20.3. The number of rotatable bonds is 6. The molecule has 0 spiro atoms. The normalized spacial score (nSPS) is 10.6. The highest BCUT2D eigenvalue weighted by atomic mass is 35.5. The number of hydrogen-bond acceptors (Lipinski definition) is 4.